The first-order valence-electron chi connectivity index (χ1n) is 6.30. The molecule has 0 bridgehead atoms. The van der Waals surface area contributed by atoms with Gasteiger partial charge in [-0.3, -0.25) is 10.1 Å². The van der Waals surface area contributed by atoms with Gasteiger partial charge in [-0.1, -0.05) is 0 Å². The van der Waals surface area contributed by atoms with E-state index in [1.165, 1.54) is 30.6 Å². The molecule has 0 radical (unpaired) electrons. The molecule has 22 heavy (non-hydrogen) atoms. The quantitative estimate of drug-likeness (QED) is 0.418. The number of methoxy groups -OCH3 is 1. The van der Waals surface area contributed by atoms with E-state index in [-0.39, 0.29) is 5.69 Å². The normalized spacial score (nSPS) is 10.6. The summed E-state index contributed by atoms with van der Waals surface area (Å²) in [4.78, 5) is 26.8. The van der Waals surface area contributed by atoms with E-state index in [1.54, 1.807) is 12.1 Å². The number of hydrogen-bond donors (Lipinski definition) is 0. The molecule has 110 valence electrons. The number of benzene rings is 1. The number of rotatable bonds is 3. The Bertz CT molecular complexity index is 875. The molecule has 3 rings (SSSR count). The molecule has 0 aliphatic heterocycles. The predicted molar refractivity (Wildman–Crippen MR) is 83.0 cm³/mol. The lowest BCUT2D eigenvalue weighted by Gasteiger charge is -2.08. The zero-order valence-electron chi connectivity index (χ0n) is 11.5. The molecule has 1 aromatic carbocycles. The molecular formula is C15H10N2O4S. The van der Waals surface area contributed by atoms with Crippen LogP contribution in [0.4, 0.5) is 5.69 Å². The zero-order valence-corrected chi connectivity index (χ0v) is 12.3. The van der Waals surface area contributed by atoms with Crippen LogP contribution in [0.5, 0.6) is 0 Å². The molecule has 6 nitrogen and oxygen atoms in total. The van der Waals surface area contributed by atoms with Gasteiger partial charge in [-0.2, -0.15) is 11.3 Å². The van der Waals surface area contributed by atoms with E-state index in [1.807, 2.05) is 16.8 Å². The van der Waals surface area contributed by atoms with Crippen molar-refractivity contribution in [2.75, 3.05) is 7.11 Å². The van der Waals surface area contributed by atoms with Gasteiger partial charge >= 0.3 is 5.97 Å². The number of non-ortho nitro benzene ring substituents is 1. The predicted octanol–water partition coefficient (Wildman–Crippen LogP) is 3.66. The van der Waals surface area contributed by atoms with E-state index in [4.69, 9.17) is 4.74 Å². The van der Waals surface area contributed by atoms with Crippen LogP contribution in [0.1, 0.15) is 10.4 Å². The van der Waals surface area contributed by atoms with Crippen LogP contribution in [0.25, 0.3) is 22.2 Å². The number of aromatic nitrogens is 1. The molecule has 0 atom stereocenters. The topological polar surface area (TPSA) is 82.3 Å². The van der Waals surface area contributed by atoms with Gasteiger partial charge in [0.05, 0.1) is 28.8 Å². The van der Waals surface area contributed by atoms with Crippen LogP contribution in [-0.2, 0) is 4.74 Å². The number of nitro benzene ring substituents is 1. The van der Waals surface area contributed by atoms with E-state index >= 15 is 0 Å². The van der Waals surface area contributed by atoms with Gasteiger partial charge in [0.2, 0.25) is 0 Å². The molecule has 2 heterocycles. The third-order valence-corrected chi connectivity index (χ3v) is 3.90. The minimum absolute atomic E-state index is 0.0397. The van der Waals surface area contributed by atoms with E-state index in [2.05, 4.69) is 4.98 Å². The van der Waals surface area contributed by atoms with Gasteiger partial charge in [-0.05, 0) is 23.6 Å². The van der Waals surface area contributed by atoms with Crippen LogP contribution in [0.15, 0.2) is 41.1 Å². The molecule has 0 amide bonds. The molecule has 0 N–H and O–H groups in total. The van der Waals surface area contributed by atoms with E-state index in [9.17, 15) is 14.9 Å². The van der Waals surface area contributed by atoms with Crippen LogP contribution in [0.2, 0.25) is 0 Å². The minimum Gasteiger partial charge on any atom is -0.465 e. The number of thiophene rings is 1. The maximum Gasteiger partial charge on any atom is 0.340 e. The summed E-state index contributed by atoms with van der Waals surface area (Å²) in [6, 6.07) is 7.83. The van der Waals surface area contributed by atoms with Gasteiger partial charge in [0, 0.05) is 28.5 Å². The van der Waals surface area contributed by atoms with Crippen LogP contribution in [-0.4, -0.2) is 23.0 Å². The summed E-state index contributed by atoms with van der Waals surface area (Å²) in [6.07, 6.45) is 0. The van der Waals surface area contributed by atoms with Crippen molar-refractivity contribution < 1.29 is 14.5 Å². The number of carbonyl (C=O) groups is 1. The average molecular weight is 314 g/mol. The third kappa shape index (κ3) is 2.42. The van der Waals surface area contributed by atoms with Gasteiger partial charge in [0.1, 0.15) is 0 Å². The Morgan fingerprint density at radius 2 is 2.14 bits per heavy atom. The number of carbonyl (C=O) groups excluding carboxylic acids is 1. The number of fused-ring (bicyclic) bond motifs is 1. The second-order valence-electron chi connectivity index (χ2n) is 4.52. The van der Waals surface area contributed by atoms with E-state index in [0.29, 0.717) is 22.2 Å². The number of nitro groups is 1. The van der Waals surface area contributed by atoms with Crippen molar-refractivity contribution in [3.63, 3.8) is 0 Å². The van der Waals surface area contributed by atoms with Crippen LogP contribution in [0.3, 0.4) is 0 Å². The first kappa shape index (κ1) is 14.2. The lowest BCUT2D eigenvalue weighted by atomic mass is 10.1. The molecular weight excluding hydrogens is 304 g/mol. The molecule has 0 fully saturated rings. The Hall–Kier alpha value is -2.80. The van der Waals surface area contributed by atoms with Crippen molar-refractivity contribution in [2.45, 2.75) is 0 Å². The average Bonchev–Trinajstić information content (AvgIpc) is 3.06. The Balaban J connectivity index is 2.29. The maximum absolute atomic E-state index is 12.0. The zero-order chi connectivity index (χ0) is 15.7. The Kier molecular flexibility index (Phi) is 3.56. The number of hydrogen-bond acceptors (Lipinski definition) is 6. The van der Waals surface area contributed by atoms with Crippen LogP contribution >= 0.6 is 11.3 Å². The summed E-state index contributed by atoms with van der Waals surface area (Å²) < 4.78 is 4.80. The fraction of sp³-hybridized carbons (Fsp3) is 0.0667. The summed E-state index contributed by atoms with van der Waals surface area (Å²) in [5.41, 5.74) is 1.99. The van der Waals surface area contributed by atoms with Gasteiger partial charge < -0.3 is 4.74 Å². The second kappa shape index (κ2) is 5.53. The summed E-state index contributed by atoms with van der Waals surface area (Å²) in [7, 11) is 1.31. The van der Waals surface area contributed by atoms with E-state index < -0.39 is 10.9 Å². The fourth-order valence-electron chi connectivity index (χ4n) is 2.15. The van der Waals surface area contributed by atoms with Crippen molar-refractivity contribution in [1.82, 2.24) is 4.98 Å². The molecule has 0 aliphatic rings. The molecule has 0 saturated heterocycles. The smallest absolute Gasteiger partial charge is 0.340 e. The van der Waals surface area contributed by atoms with Crippen molar-refractivity contribution >= 4 is 33.9 Å². The van der Waals surface area contributed by atoms with Crippen LogP contribution in [0, 0.1) is 10.1 Å². The summed E-state index contributed by atoms with van der Waals surface area (Å²) in [6.45, 7) is 0. The van der Waals surface area contributed by atoms with Crippen molar-refractivity contribution in [2.24, 2.45) is 0 Å². The van der Waals surface area contributed by atoms with E-state index in [0.717, 1.165) is 5.56 Å². The SMILES string of the molecule is COC(=O)c1cc2ccc([N+](=O)[O-])cc2nc1-c1ccsc1. The summed E-state index contributed by atoms with van der Waals surface area (Å²) >= 11 is 1.48. The molecule has 7 heteroatoms. The number of ether oxygens (including phenoxy) is 1. The first-order chi connectivity index (χ1) is 10.6. The van der Waals surface area contributed by atoms with Gasteiger partial charge in [0.15, 0.2) is 0 Å². The van der Waals surface area contributed by atoms with Crippen molar-refractivity contribution in [3.8, 4) is 11.3 Å². The lowest BCUT2D eigenvalue weighted by molar-refractivity contribution is -0.384. The van der Waals surface area contributed by atoms with Crippen LogP contribution < -0.4 is 0 Å². The van der Waals surface area contributed by atoms with Gasteiger partial charge in [-0.25, -0.2) is 9.78 Å². The second-order valence-corrected chi connectivity index (χ2v) is 5.30. The van der Waals surface area contributed by atoms with Gasteiger partial charge in [-0.15, -0.1) is 0 Å². The molecule has 2 aromatic heterocycles. The maximum atomic E-state index is 12.0. The van der Waals surface area contributed by atoms with Gasteiger partial charge in [0.25, 0.3) is 5.69 Å². The fourth-order valence-corrected chi connectivity index (χ4v) is 2.79. The highest BCUT2D eigenvalue weighted by Crippen LogP contribution is 2.29. The molecule has 3 aromatic rings. The minimum atomic E-state index is -0.492. The Morgan fingerprint density at radius 3 is 2.77 bits per heavy atom. The molecule has 0 saturated carbocycles. The lowest BCUT2D eigenvalue weighted by Crippen LogP contribution is -2.05. The Morgan fingerprint density at radius 1 is 1.32 bits per heavy atom. The molecule has 0 spiro atoms. The Labute approximate surface area is 129 Å². The standard InChI is InChI=1S/C15H10N2O4S/c1-21-15(18)12-6-9-2-3-11(17(19)20)7-13(9)16-14(12)10-4-5-22-8-10/h2-8H,1H3. The highest BCUT2D eigenvalue weighted by Gasteiger charge is 2.18. The summed E-state index contributed by atoms with van der Waals surface area (Å²) in [5, 5.41) is 15.3. The number of esters is 1. The highest BCUT2D eigenvalue weighted by molar-refractivity contribution is 7.08. The van der Waals surface area contributed by atoms with Crippen molar-refractivity contribution in [1.29, 1.82) is 0 Å². The number of pyridine rings is 1. The highest BCUT2D eigenvalue weighted by atomic mass is 32.1. The largest absolute Gasteiger partial charge is 0.465 e. The third-order valence-electron chi connectivity index (χ3n) is 3.21. The number of nitrogens with zero attached hydrogens (tertiary/aromatic N) is 2. The monoisotopic (exact) mass is 314 g/mol. The molecule has 0 aliphatic carbocycles. The first-order valence-corrected chi connectivity index (χ1v) is 7.24. The van der Waals surface area contributed by atoms with Crippen molar-refractivity contribution in [3.05, 3.63) is 56.8 Å². The molecule has 0 unspecified atom stereocenters. The summed E-state index contributed by atoms with van der Waals surface area (Å²) in [5.74, 6) is -0.492.